The fourth-order valence-electron chi connectivity index (χ4n) is 1.64. The topological polar surface area (TPSA) is 51.0 Å². The lowest BCUT2D eigenvalue weighted by molar-refractivity contribution is 0.587. The molecule has 0 atom stereocenters. The van der Waals surface area contributed by atoms with E-state index < -0.39 is 0 Å². The molecule has 0 radical (unpaired) electrons. The molecule has 0 amide bonds. The van der Waals surface area contributed by atoms with Crippen molar-refractivity contribution < 1.29 is 8.81 Å². The summed E-state index contributed by atoms with van der Waals surface area (Å²) in [5.74, 6) is 0.00856. The first-order valence-electron chi connectivity index (χ1n) is 5.83. The summed E-state index contributed by atoms with van der Waals surface area (Å²) in [6, 6.07) is 13.2. The Bertz CT molecular complexity index is 710. The number of nitrogens with one attached hydrogen (secondary N) is 1. The molecule has 0 fully saturated rings. The highest BCUT2D eigenvalue weighted by molar-refractivity contribution is 6.30. The lowest BCUT2D eigenvalue weighted by atomic mass is 10.2. The van der Waals surface area contributed by atoms with E-state index in [0.29, 0.717) is 16.5 Å². The third kappa shape index (κ3) is 2.78. The van der Waals surface area contributed by atoms with Crippen molar-refractivity contribution in [3.05, 3.63) is 59.4 Å². The minimum atomic E-state index is -0.312. The smallest absolute Gasteiger partial charge is 0.320 e. The molecule has 1 heterocycles. The van der Waals surface area contributed by atoms with Crippen LogP contribution in [0.1, 0.15) is 0 Å². The van der Waals surface area contributed by atoms with Crippen molar-refractivity contribution in [1.29, 1.82) is 0 Å². The van der Waals surface area contributed by atoms with E-state index in [1.807, 2.05) is 0 Å². The van der Waals surface area contributed by atoms with E-state index in [0.717, 1.165) is 5.69 Å². The van der Waals surface area contributed by atoms with Gasteiger partial charge in [0.1, 0.15) is 5.82 Å². The summed E-state index contributed by atoms with van der Waals surface area (Å²) in [5.41, 5.74) is 1.44. The molecule has 0 aliphatic rings. The summed E-state index contributed by atoms with van der Waals surface area (Å²) >= 11 is 5.80. The van der Waals surface area contributed by atoms with E-state index in [1.54, 1.807) is 36.4 Å². The summed E-state index contributed by atoms with van der Waals surface area (Å²) in [5, 5.41) is 11.4. The van der Waals surface area contributed by atoms with Crippen molar-refractivity contribution >= 4 is 23.3 Å². The molecule has 0 saturated heterocycles. The number of hydrogen-bond acceptors (Lipinski definition) is 4. The number of nitrogens with zero attached hydrogens (tertiary/aromatic N) is 2. The van der Waals surface area contributed by atoms with Gasteiger partial charge >= 0.3 is 6.01 Å². The molecule has 1 aromatic heterocycles. The lowest BCUT2D eigenvalue weighted by Crippen LogP contribution is -1.89. The average molecular weight is 290 g/mol. The molecule has 2 aromatic carbocycles. The molecule has 6 heteroatoms. The van der Waals surface area contributed by atoms with Crippen LogP contribution in [0.15, 0.2) is 52.9 Å². The van der Waals surface area contributed by atoms with Gasteiger partial charge in [-0.25, -0.2) is 4.39 Å². The third-order valence-electron chi connectivity index (χ3n) is 2.61. The molecule has 3 rings (SSSR count). The van der Waals surface area contributed by atoms with E-state index in [4.69, 9.17) is 16.0 Å². The number of hydrogen-bond donors (Lipinski definition) is 1. The fourth-order valence-corrected chi connectivity index (χ4v) is 1.77. The Kier molecular flexibility index (Phi) is 3.35. The SMILES string of the molecule is Fc1ccc(-c2nnc(Nc3ccc(Cl)cc3)o2)cc1. The Morgan fingerprint density at radius 1 is 0.950 bits per heavy atom. The number of rotatable bonds is 3. The van der Waals surface area contributed by atoms with E-state index in [1.165, 1.54) is 12.1 Å². The molecule has 100 valence electrons. The second-order valence-corrected chi connectivity index (χ2v) is 4.49. The zero-order valence-electron chi connectivity index (χ0n) is 10.2. The highest BCUT2D eigenvalue weighted by Crippen LogP contribution is 2.23. The summed E-state index contributed by atoms with van der Waals surface area (Å²) in [6.07, 6.45) is 0. The lowest BCUT2D eigenvalue weighted by Gasteiger charge is -2.00. The van der Waals surface area contributed by atoms with Gasteiger partial charge in [0.2, 0.25) is 5.89 Å². The van der Waals surface area contributed by atoms with Gasteiger partial charge in [0.15, 0.2) is 0 Å². The molecule has 0 spiro atoms. The molecule has 0 unspecified atom stereocenters. The Morgan fingerprint density at radius 2 is 1.65 bits per heavy atom. The Morgan fingerprint density at radius 3 is 2.35 bits per heavy atom. The normalized spacial score (nSPS) is 10.5. The van der Waals surface area contributed by atoms with Crippen LogP contribution in [0, 0.1) is 5.82 Å². The molecule has 1 N–H and O–H groups in total. The first-order chi connectivity index (χ1) is 9.70. The summed E-state index contributed by atoms with van der Waals surface area (Å²) in [6.45, 7) is 0. The Hall–Kier alpha value is -2.40. The van der Waals surface area contributed by atoms with Crippen molar-refractivity contribution in [1.82, 2.24) is 10.2 Å². The molecule has 0 aliphatic carbocycles. The molecule has 20 heavy (non-hydrogen) atoms. The standard InChI is InChI=1S/C14H9ClFN3O/c15-10-3-7-12(8-4-10)17-14-19-18-13(20-14)9-1-5-11(16)6-2-9/h1-8H,(H,17,19). The minimum Gasteiger partial charge on any atom is -0.403 e. The number of aromatic nitrogens is 2. The Balaban J connectivity index is 1.80. The van der Waals surface area contributed by atoms with Crippen LogP contribution >= 0.6 is 11.6 Å². The average Bonchev–Trinajstić information content (AvgIpc) is 2.91. The molecule has 0 saturated carbocycles. The molecule has 3 aromatic rings. The van der Waals surface area contributed by atoms with Crippen LogP contribution in [0.2, 0.25) is 5.02 Å². The van der Waals surface area contributed by atoms with Crippen LogP contribution < -0.4 is 5.32 Å². The molecular formula is C14H9ClFN3O. The van der Waals surface area contributed by atoms with Gasteiger partial charge in [0.25, 0.3) is 0 Å². The largest absolute Gasteiger partial charge is 0.403 e. The van der Waals surface area contributed by atoms with Crippen molar-refractivity contribution in [2.75, 3.05) is 5.32 Å². The monoisotopic (exact) mass is 289 g/mol. The van der Waals surface area contributed by atoms with Gasteiger partial charge in [-0.2, -0.15) is 0 Å². The van der Waals surface area contributed by atoms with Gasteiger partial charge in [-0.15, -0.1) is 5.10 Å². The zero-order chi connectivity index (χ0) is 13.9. The van der Waals surface area contributed by atoms with E-state index in [9.17, 15) is 4.39 Å². The van der Waals surface area contributed by atoms with Crippen molar-refractivity contribution in [2.45, 2.75) is 0 Å². The van der Waals surface area contributed by atoms with Gasteiger partial charge in [-0.1, -0.05) is 16.7 Å². The summed E-state index contributed by atoms with van der Waals surface area (Å²) < 4.78 is 18.3. The fraction of sp³-hybridized carbons (Fsp3) is 0. The van der Waals surface area contributed by atoms with E-state index in [2.05, 4.69) is 15.5 Å². The zero-order valence-corrected chi connectivity index (χ0v) is 10.9. The molecule has 0 bridgehead atoms. The van der Waals surface area contributed by atoms with Crippen molar-refractivity contribution in [3.63, 3.8) is 0 Å². The van der Waals surface area contributed by atoms with Gasteiger partial charge in [-0.3, -0.25) is 0 Å². The third-order valence-corrected chi connectivity index (χ3v) is 2.86. The van der Waals surface area contributed by atoms with Crippen LogP contribution in [0.3, 0.4) is 0 Å². The van der Waals surface area contributed by atoms with Gasteiger partial charge < -0.3 is 9.73 Å². The Labute approximate surface area is 119 Å². The molecule has 4 nitrogen and oxygen atoms in total. The number of benzene rings is 2. The van der Waals surface area contributed by atoms with Gasteiger partial charge in [0, 0.05) is 16.3 Å². The highest BCUT2D eigenvalue weighted by Gasteiger charge is 2.08. The predicted octanol–water partition coefficient (Wildman–Crippen LogP) is 4.27. The summed E-state index contributed by atoms with van der Waals surface area (Å²) in [7, 11) is 0. The maximum atomic E-state index is 12.8. The number of anilines is 2. The maximum Gasteiger partial charge on any atom is 0.320 e. The second-order valence-electron chi connectivity index (χ2n) is 4.05. The molecule has 0 aliphatic heterocycles. The van der Waals surface area contributed by atoms with Gasteiger partial charge in [-0.05, 0) is 48.5 Å². The van der Waals surface area contributed by atoms with Crippen molar-refractivity contribution in [2.24, 2.45) is 0 Å². The van der Waals surface area contributed by atoms with Crippen LogP contribution in [-0.4, -0.2) is 10.2 Å². The van der Waals surface area contributed by atoms with Crippen LogP contribution in [0.25, 0.3) is 11.5 Å². The predicted molar refractivity (Wildman–Crippen MR) is 74.4 cm³/mol. The minimum absolute atomic E-state index is 0.256. The molecular weight excluding hydrogens is 281 g/mol. The van der Waals surface area contributed by atoms with E-state index >= 15 is 0 Å². The summed E-state index contributed by atoms with van der Waals surface area (Å²) in [4.78, 5) is 0. The number of halogens is 2. The first-order valence-corrected chi connectivity index (χ1v) is 6.20. The van der Waals surface area contributed by atoms with Crippen LogP contribution in [-0.2, 0) is 0 Å². The van der Waals surface area contributed by atoms with Gasteiger partial charge in [0.05, 0.1) is 0 Å². The van der Waals surface area contributed by atoms with Crippen molar-refractivity contribution in [3.8, 4) is 11.5 Å². The van der Waals surface area contributed by atoms with E-state index in [-0.39, 0.29) is 11.8 Å². The quantitative estimate of drug-likeness (QED) is 0.782. The van der Waals surface area contributed by atoms with Crippen LogP contribution in [0.5, 0.6) is 0 Å². The highest BCUT2D eigenvalue weighted by atomic mass is 35.5. The second kappa shape index (κ2) is 5.30. The first kappa shape index (κ1) is 12.6. The maximum absolute atomic E-state index is 12.8. The van der Waals surface area contributed by atoms with Crippen LogP contribution in [0.4, 0.5) is 16.1 Å².